The minimum atomic E-state index is 0.477. The molecule has 112 valence electrons. The minimum absolute atomic E-state index is 0.477. The molecule has 0 bridgehead atoms. The maximum atomic E-state index is 6.06. The smallest absolute Gasteiger partial charge is 0.0408 e. The molecule has 1 nitrogen and oxygen atoms in total. The SMILES string of the molecule is CC1CC(NC(C)Cc2cccc(Cl)c2)CC(C)(C)C1. The molecule has 2 heteroatoms. The van der Waals surface area contributed by atoms with Crippen LogP contribution in [0, 0.1) is 11.3 Å². The molecule has 0 aromatic heterocycles. The summed E-state index contributed by atoms with van der Waals surface area (Å²) in [5, 5.41) is 4.67. The van der Waals surface area contributed by atoms with Crippen molar-refractivity contribution < 1.29 is 0 Å². The first-order valence-electron chi connectivity index (χ1n) is 7.84. The molecule has 0 saturated heterocycles. The van der Waals surface area contributed by atoms with Gasteiger partial charge in [-0.3, -0.25) is 0 Å². The Morgan fingerprint density at radius 2 is 2.10 bits per heavy atom. The van der Waals surface area contributed by atoms with E-state index in [-0.39, 0.29) is 0 Å². The van der Waals surface area contributed by atoms with Crippen LogP contribution in [0.2, 0.25) is 5.02 Å². The summed E-state index contributed by atoms with van der Waals surface area (Å²) in [5.41, 5.74) is 1.80. The van der Waals surface area contributed by atoms with E-state index in [1.807, 2.05) is 12.1 Å². The second-order valence-corrected chi connectivity index (χ2v) is 7.95. The first kappa shape index (κ1) is 15.9. The second kappa shape index (κ2) is 6.49. The van der Waals surface area contributed by atoms with Crippen molar-refractivity contribution in [2.45, 2.75) is 65.5 Å². The van der Waals surface area contributed by atoms with Gasteiger partial charge in [-0.2, -0.15) is 0 Å². The molecule has 1 fully saturated rings. The zero-order chi connectivity index (χ0) is 14.8. The molecule has 2 rings (SSSR count). The second-order valence-electron chi connectivity index (χ2n) is 7.51. The Labute approximate surface area is 129 Å². The Kier molecular flexibility index (Phi) is 5.14. The van der Waals surface area contributed by atoms with Gasteiger partial charge in [0.15, 0.2) is 0 Å². The average Bonchev–Trinajstić information content (AvgIpc) is 2.25. The third-order valence-corrected chi connectivity index (χ3v) is 4.57. The summed E-state index contributed by atoms with van der Waals surface area (Å²) in [5.74, 6) is 0.828. The van der Waals surface area contributed by atoms with Crippen molar-refractivity contribution >= 4 is 11.6 Å². The van der Waals surface area contributed by atoms with Gasteiger partial charge in [0.05, 0.1) is 0 Å². The predicted octanol–water partition coefficient (Wildman–Crippen LogP) is 5.08. The van der Waals surface area contributed by atoms with Crippen LogP contribution in [0.1, 0.15) is 52.5 Å². The number of nitrogens with one attached hydrogen (secondary N) is 1. The summed E-state index contributed by atoms with van der Waals surface area (Å²) >= 11 is 6.06. The molecule has 0 amide bonds. The fraction of sp³-hybridized carbons (Fsp3) is 0.667. The molecule has 3 unspecified atom stereocenters. The quantitative estimate of drug-likeness (QED) is 0.817. The molecule has 0 radical (unpaired) electrons. The molecule has 1 aliphatic rings. The number of hydrogen-bond donors (Lipinski definition) is 1. The van der Waals surface area contributed by atoms with Gasteiger partial charge in [-0.1, -0.05) is 44.5 Å². The van der Waals surface area contributed by atoms with E-state index in [1.54, 1.807) is 0 Å². The van der Waals surface area contributed by atoms with E-state index in [2.05, 4.69) is 45.1 Å². The van der Waals surface area contributed by atoms with Gasteiger partial charge in [0.1, 0.15) is 0 Å². The van der Waals surface area contributed by atoms with Gasteiger partial charge < -0.3 is 5.32 Å². The molecule has 1 N–H and O–H groups in total. The lowest BCUT2D eigenvalue weighted by atomic mass is 9.70. The van der Waals surface area contributed by atoms with Crippen LogP contribution in [0.25, 0.3) is 0 Å². The van der Waals surface area contributed by atoms with Crippen molar-refractivity contribution in [3.63, 3.8) is 0 Å². The molecule has 1 aliphatic carbocycles. The molecule has 1 aromatic rings. The van der Waals surface area contributed by atoms with Crippen LogP contribution < -0.4 is 5.32 Å². The van der Waals surface area contributed by atoms with E-state index in [0.29, 0.717) is 17.5 Å². The summed E-state index contributed by atoms with van der Waals surface area (Å²) in [6.45, 7) is 9.47. The lowest BCUT2D eigenvalue weighted by Gasteiger charge is -2.40. The van der Waals surface area contributed by atoms with E-state index >= 15 is 0 Å². The highest BCUT2D eigenvalue weighted by Crippen LogP contribution is 2.38. The van der Waals surface area contributed by atoms with Gasteiger partial charge in [0.25, 0.3) is 0 Å². The fourth-order valence-electron chi connectivity index (χ4n) is 3.95. The first-order valence-corrected chi connectivity index (χ1v) is 8.22. The van der Waals surface area contributed by atoms with E-state index in [9.17, 15) is 0 Å². The average molecular weight is 294 g/mol. The highest BCUT2D eigenvalue weighted by molar-refractivity contribution is 6.30. The van der Waals surface area contributed by atoms with Gasteiger partial charge in [-0.15, -0.1) is 0 Å². The monoisotopic (exact) mass is 293 g/mol. The third kappa shape index (κ3) is 4.79. The van der Waals surface area contributed by atoms with Gasteiger partial charge >= 0.3 is 0 Å². The van der Waals surface area contributed by atoms with Crippen molar-refractivity contribution in [3.05, 3.63) is 34.9 Å². The number of halogens is 1. The van der Waals surface area contributed by atoms with E-state index < -0.39 is 0 Å². The van der Waals surface area contributed by atoms with Crippen molar-refractivity contribution in [2.24, 2.45) is 11.3 Å². The Morgan fingerprint density at radius 3 is 2.75 bits per heavy atom. The minimum Gasteiger partial charge on any atom is -0.311 e. The molecular formula is C18H28ClN. The summed E-state index contributed by atoms with van der Waals surface area (Å²) in [6.07, 6.45) is 5.00. The zero-order valence-corrected chi connectivity index (χ0v) is 14.0. The number of benzene rings is 1. The van der Waals surface area contributed by atoms with Crippen molar-refractivity contribution in [1.82, 2.24) is 5.32 Å². The maximum Gasteiger partial charge on any atom is 0.0408 e. The molecule has 1 aromatic carbocycles. The summed E-state index contributed by atoms with van der Waals surface area (Å²) in [6, 6.07) is 9.37. The van der Waals surface area contributed by atoms with E-state index in [4.69, 9.17) is 11.6 Å². The van der Waals surface area contributed by atoms with Gasteiger partial charge in [-0.05, 0) is 61.6 Å². The largest absolute Gasteiger partial charge is 0.311 e. The van der Waals surface area contributed by atoms with E-state index in [0.717, 1.165) is 17.4 Å². The molecule has 1 saturated carbocycles. The van der Waals surface area contributed by atoms with Gasteiger partial charge in [0, 0.05) is 17.1 Å². The molecule has 0 aliphatic heterocycles. The van der Waals surface area contributed by atoms with Crippen LogP contribution in [0.4, 0.5) is 0 Å². The zero-order valence-electron chi connectivity index (χ0n) is 13.2. The third-order valence-electron chi connectivity index (χ3n) is 4.34. The summed E-state index contributed by atoms with van der Waals surface area (Å²) in [4.78, 5) is 0. The normalized spacial score (nSPS) is 27.2. The van der Waals surface area contributed by atoms with Crippen LogP contribution in [0.5, 0.6) is 0 Å². The standard InChI is InChI=1S/C18H28ClN/c1-13-8-17(12-18(3,4)11-13)20-14(2)9-15-6-5-7-16(19)10-15/h5-7,10,13-14,17,20H,8-9,11-12H2,1-4H3. The molecule has 20 heavy (non-hydrogen) atoms. The first-order chi connectivity index (χ1) is 9.34. The van der Waals surface area contributed by atoms with Crippen LogP contribution in [0.3, 0.4) is 0 Å². The van der Waals surface area contributed by atoms with Gasteiger partial charge in [0.2, 0.25) is 0 Å². The summed E-state index contributed by atoms with van der Waals surface area (Å²) < 4.78 is 0. The highest BCUT2D eigenvalue weighted by atomic mass is 35.5. The Balaban J connectivity index is 1.89. The molecule has 0 heterocycles. The van der Waals surface area contributed by atoms with Crippen LogP contribution in [-0.2, 0) is 6.42 Å². The van der Waals surface area contributed by atoms with Crippen LogP contribution >= 0.6 is 11.6 Å². The molecule has 0 spiro atoms. The van der Waals surface area contributed by atoms with Crippen molar-refractivity contribution in [2.75, 3.05) is 0 Å². The Hall–Kier alpha value is -0.530. The van der Waals surface area contributed by atoms with Crippen molar-refractivity contribution in [1.29, 1.82) is 0 Å². The van der Waals surface area contributed by atoms with Crippen molar-refractivity contribution in [3.8, 4) is 0 Å². The maximum absolute atomic E-state index is 6.06. The Bertz CT molecular complexity index is 441. The fourth-order valence-corrected chi connectivity index (χ4v) is 4.16. The highest BCUT2D eigenvalue weighted by Gasteiger charge is 2.32. The van der Waals surface area contributed by atoms with Gasteiger partial charge in [-0.25, -0.2) is 0 Å². The lowest BCUT2D eigenvalue weighted by Crippen LogP contribution is -2.44. The van der Waals surface area contributed by atoms with Crippen LogP contribution in [-0.4, -0.2) is 12.1 Å². The molecule has 3 atom stereocenters. The lowest BCUT2D eigenvalue weighted by molar-refractivity contribution is 0.145. The predicted molar refractivity (Wildman–Crippen MR) is 88.3 cm³/mol. The van der Waals surface area contributed by atoms with E-state index in [1.165, 1.54) is 24.8 Å². The summed E-state index contributed by atoms with van der Waals surface area (Å²) in [7, 11) is 0. The topological polar surface area (TPSA) is 12.0 Å². The van der Waals surface area contributed by atoms with Crippen LogP contribution in [0.15, 0.2) is 24.3 Å². The molecular weight excluding hydrogens is 266 g/mol. The Morgan fingerprint density at radius 1 is 1.35 bits per heavy atom. The number of hydrogen-bond acceptors (Lipinski definition) is 1. The number of rotatable bonds is 4.